The summed E-state index contributed by atoms with van der Waals surface area (Å²) >= 11 is 0. The highest BCUT2D eigenvalue weighted by molar-refractivity contribution is 5.97. The normalized spacial score (nSPS) is 9.69. The number of aryl methyl sites for hydroxylation is 1. The van der Waals surface area contributed by atoms with Gasteiger partial charge in [0.05, 0.1) is 12.8 Å². The summed E-state index contributed by atoms with van der Waals surface area (Å²) < 4.78 is 4.91. The lowest BCUT2D eigenvalue weighted by Crippen LogP contribution is -2.11. The lowest BCUT2D eigenvalue weighted by atomic mass is 10.1. The molecule has 0 bridgehead atoms. The standard InChI is InChI=1S/C10H12N2O4/c1-5-7(6(2)13)4-8(12-10(14)15)9(11-5)16-3/h4,12H,1-3H3,(H,14,15). The second-order valence-electron chi connectivity index (χ2n) is 3.16. The van der Waals surface area contributed by atoms with Gasteiger partial charge in [-0.05, 0) is 19.9 Å². The summed E-state index contributed by atoms with van der Waals surface area (Å²) in [7, 11) is 1.38. The summed E-state index contributed by atoms with van der Waals surface area (Å²) in [6.07, 6.45) is -1.24. The van der Waals surface area contributed by atoms with E-state index in [1.807, 2.05) is 0 Å². The first kappa shape index (κ1) is 12.0. The highest BCUT2D eigenvalue weighted by atomic mass is 16.5. The van der Waals surface area contributed by atoms with E-state index < -0.39 is 6.09 Å². The zero-order valence-corrected chi connectivity index (χ0v) is 9.20. The number of ketones is 1. The van der Waals surface area contributed by atoms with Gasteiger partial charge < -0.3 is 9.84 Å². The van der Waals surface area contributed by atoms with Gasteiger partial charge in [-0.15, -0.1) is 0 Å². The van der Waals surface area contributed by atoms with Crippen molar-refractivity contribution in [2.24, 2.45) is 0 Å². The summed E-state index contributed by atoms with van der Waals surface area (Å²) in [5.41, 5.74) is 1.02. The van der Waals surface area contributed by atoms with E-state index in [4.69, 9.17) is 9.84 Å². The Morgan fingerprint density at radius 2 is 2.12 bits per heavy atom. The average molecular weight is 224 g/mol. The van der Waals surface area contributed by atoms with Gasteiger partial charge in [0.1, 0.15) is 5.69 Å². The molecule has 86 valence electrons. The van der Waals surface area contributed by atoms with Gasteiger partial charge in [-0.2, -0.15) is 0 Å². The van der Waals surface area contributed by atoms with Crippen LogP contribution in [0.1, 0.15) is 23.0 Å². The smallest absolute Gasteiger partial charge is 0.409 e. The Hall–Kier alpha value is -2.11. The van der Waals surface area contributed by atoms with E-state index in [9.17, 15) is 9.59 Å². The molecule has 1 heterocycles. The Morgan fingerprint density at radius 3 is 2.56 bits per heavy atom. The Kier molecular flexibility index (Phi) is 3.44. The van der Waals surface area contributed by atoms with Crippen LogP contribution in [0.2, 0.25) is 0 Å². The van der Waals surface area contributed by atoms with Crippen LogP contribution in [0, 0.1) is 6.92 Å². The minimum atomic E-state index is -1.24. The monoisotopic (exact) mass is 224 g/mol. The van der Waals surface area contributed by atoms with Crippen molar-refractivity contribution in [2.75, 3.05) is 12.4 Å². The summed E-state index contributed by atoms with van der Waals surface area (Å²) in [6, 6.07) is 1.41. The van der Waals surface area contributed by atoms with Crippen molar-refractivity contribution in [3.8, 4) is 5.88 Å². The van der Waals surface area contributed by atoms with Crippen LogP contribution in [0.15, 0.2) is 6.07 Å². The molecule has 16 heavy (non-hydrogen) atoms. The lowest BCUT2D eigenvalue weighted by Gasteiger charge is -2.10. The van der Waals surface area contributed by atoms with Gasteiger partial charge in [0.25, 0.3) is 0 Å². The predicted octanol–water partition coefficient (Wildman–Crippen LogP) is 1.69. The molecule has 1 amide bonds. The number of aromatic nitrogens is 1. The maximum atomic E-state index is 11.2. The minimum Gasteiger partial charge on any atom is -0.480 e. The van der Waals surface area contributed by atoms with Gasteiger partial charge in [-0.1, -0.05) is 0 Å². The molecule has 0 aliphatic rings. The number of ether oxygens (including phenoxy) is 1. The molecule has 0 spiro atoms. The number of methoxy groups -OCH3 is 1. The fourth-order valence-electron chi connectivity index (χ4n) is 1.30. The Labute approximate surface area is 92.3 Å². The van der Waals surface area contributed by atoms with Crippen LogP contribution in [0.3, 0.4) is 0 Å². The van der Waals surface area contributed by atoms with Gasteiger partial charge in [-0.3, -0.25) is 10.1 Å². The molecule has 1 aromatic rings. The molecule has 0 aromatic carbocycles. The third-order valence-electron chi connectivity index (χ3n) is 1.99. The van der Waals surface area contributed by atoms with Gasteiger partial charge in [-0.25, -0.2) is 9.78 Å². The van der Waals surface area contributed by atoms with Gasteiger partial charge in [0.2, 0.25) is 5.88 Å². The van der Waals surface area contributed by atoms with Gasteiger partial charge in [0.15, 0.2) is 5.78 Å². The molecule has 6 nitrogen and oxygen atoms in total. The number of amides is 1. The highest BCUT2D eigenvalue weighted by Crippen LogP contribution is 2.24. The lowest BCUT2D eigenvalue weighted by molar-refractivity contribution is 0.101. The molecule has 0 radical (unpaired) electrons. The number of carboxylic acid groups (broad SMARTS) is 1. The predicted molar refractivity (Wildman–Crippen MR) is 57.2 cm³/mol. The van der Waals surface area contributed by atoms with Crippen molar-refractivity contribution in [3.63, 3.8) is 0 Å². The van der Waals surface area contributed by atoms with Crippen molar-refractivity contribution in [2.45, 2.75) is 13.8 Å². The van der Waals surface area contributed by atoms with Crippen LogP contribution in [-0.2, 0) is 0 Å². The molecule has 0 saturated heterocycles. The fraction of sp³-hybridized carbons (Fsp3) is 0.300. The second-order valence-corrected chi connectivity index (χ2v) is 3.16. The number of Topliss-reactive ketones (excluding diaryl/α,β-unsaturated/α-hetero) is 1. The molecule has 0 fully saturated rings. The number of hydrogen-bond donors (Lipinski definition) is 2. The Balaban J connectivity index is 3.28. The van der Waals surface area contributed by atoms with Crippen molar-refractivity contribution in [1.82, 2.24) is 4.98 Å². The van der Waals surface area contributed by atoms with E-state index in [0.717, 1.165) is 0 Å². The molecule has 0 saturated carbocycles. The summed E-state index contributed by atoms with van der Waals surface area (Å²) in [5.74, 6) is -0.0361. The molecule has 0 aliphatic carbocycles. The number of nitrogens with zero attached hydrogens (tertiary/aromatic N) is 1. The van der Waals surface area contributed by atoms with E-state index in [2.05, 4.69) is 10.3 Å². The van der Waals surface area contributed by atoms with Gasteiger partial charge >= 0.3 is 6.09 Å². The van der Waals surface area contributed by atoms with E-state index in [1.54, 1.807) is 6.92 Å². The van der Waals surface area contributed by atoms with E-state index in [-0.39, 0.29) is 17.4 Å². The number of carbonyl (C=O) groups excluding carboxylic acids is 1. The molecular weight excluding hydrogens is 212 g/mol. The first-order chi connectivity index (χ1) is 7.45. The molecule has 1 rings (SSSR count). The van der Waals surface area contributed by atoms with Crippen LogP contribution in [0.4, 0.5) is 10.5 Å². The first-order valence-corrected chi connectivity index (χ1v) is 4.52. The maximum absolute atomic E-state index is 11.2. The van der Waals surface area contributed by atoms with E-state index >= 15 is 0 Å². The number of pyridine rings is 1. The minimum absolute atomic E-state index is 0.143. The number of rotatable bonds is 3. The van der Waals surface area contributed by atoms with Crippen LogP contribution >= 0.6 is 0 Å². The second kappa shape index (κ2) is 4.61. The largest absolute Gasteiger partial charge is 0.480 e. The molecule has 6 heteroatoms. The molecule has 0 atom stereocenters. The summed E-state index contributed by atoms with van der Waals surface area (Å²) in [6.45, 7) is 3.05. The van der Waals surface area contributed by atoms with Crippen LogP contribution in [0.5, 0.6) is 5.88 Å². The Bertz CT molecular complexity index is 443. The van der Waals surface area contributed by atoms with Crippen LogP contribution in [0.25, 0.3) is 0 Å². The summed E-state index contributed by atoms with van der Waals surface area (Å²) in [4.78, 5) is 25.8. The quantitative estimate of drug-likeness (QED) is 0.762. The van der Waals surface area contributed by atoms with Crippen LogP contribution < -0.4 is 10.1 Å². The van der Waals surface area contributed by atoms with Gasteiger partial charge in [0, 0.05) is 5.56 Å². The van der Waals surface area contributed by atoms with Crippen molar-refractivity contribution < 1.29 is 19.4 Å². The van der Waals surface area contributed by atoms with Crippen molar-refractivity contribution >= 4 is 17.6 Å². The molecular formula is C10H12N2O4. The SMILES string of the molecule is COc1nc(C)c(C(C)=O)cc1NC(=O)O. The molecule has 0 unspecified atom stereocenters. The van der Waals surface area contributed by atoms with E-state index in [0.29, 0.717) is 11.3 Å². The Morgan fingerprint density at radius 1 is 1.50 bits per heavy atom. The van der Waals surface area contributed by atoms with Crippen molar-refractivity contribution in [3.05, 3.63) is 17.3 Å². The topological polar surface area (TPSA) is 88.5 Å². The van der Waals surface area contributed by atoms with Crippen molar-refractivity contribution in [1.29, 1.82) is 0 Å². The van der Waals surface area contributed by atoms with Crippen LogP contribution in [-0.4, -0.2) is 29.1 Å². The summed E-state index contributed by atoms with van der Waals surface area (Å²) in [5, 5.41) is 10.7. The zero-order chi connectivity index (χ0) is 12.3. The number of hydrogen-bond acceptors (Lipinski definition) is 4. The zero-order valence-electron chi connectivity index (χ0n) is 9.20. The highest BCUT2D eigenvalue weighted by Gasteiger charge is 2.14. The maximum Gasteiger partial charge on any atom is 0.409 e. The molecule has 2 N–H and O–H groups in total. The molecule has 1 aromatic heterocycles. The third-order valence-corrected chi connectivity index (χ3v) is 1.99. The number of anilines is 1. The van der Waals surface area contributed by atoms with E-state index in [1.165, 1.54) is 20.1 Å². The molecule has 0 aliphatic heterocycles. The number of carbonyl (C=O) groups is 2. The first-order valence-electron chi connectivity index (χ1n) is 4.52. The third kappa shape index (κ3) is 2.47. The number of nitrogens with one attached hydrogen (secondary N) is 1. The fourth-order valence-corrected chi connectivity index (χ4v) is 1.30. The average Bonchev–Trinajstić information content (AvgIpc) is 2.18.